The molecule has 0 fully saturated rings. The molecule has 1 heterocycles. The van der Waals surface area contributed by atoms with Gasteiger partial charge in [0.05, 0.1) is 12.6 Å². The van der Waals surface area contributed by atoms with Crippen molar-refractivity contribution in [3.05, 3.63) is 61.7 Å². The molecule has 1 unspecified atom stereocenters. The Labute approximate surface area is 144 Å². The Balaban J connectivity index is 2.01. The maximum Gasteiger partial charge on any atom is 0.122 e. The van der Waals surface area contributed by atoms with E-state index in [1.165, 1.54) is 20.3 Å². The van der Waals surface area contributed by atoms with Gasteiger partial charge >= 0.3 is 0 Å². The fourth-order valence-corrected chi connectivity index (χ4v) is 3.62. The van der Waals surface area contributed by atoms with Gasteiger partial charge in [-0.2, -0.15) is 0 Å². The van der Waals surface area contributed by atoms with E-state index in [-0.39, 0.29) is 6.04 Å². The van der Waals surface area contributed by atoms with Gasteiger partial charge in [-0.3, -0.25) is 0 Å². The molecule has 0 saturated carbocycles. The number of halogens is 2. The lowest BCUT2D eigenvalue weighted by molar-refractivity contribution is 0.288. The van der Waals surface area contributed by atoms with Gasteiger partial charge < -0.3 is 10.1 Å². The lowest BCUT2D eigenvalue weighted by atomic mass is 9.95. The van der Waals surface area contributed by atoms with Gasteiger partial charge in [0.25, 0.3) is 0 Å². The number of hydrogen-bond acceptors (Lipinski definition) is 2. The Hall–Kier alpha value is -0.780. The fraction of sp³-hybridized carbons (Fsp3) is 0.294. The number of hydrogen-bond donors (Lipinski definition) is 1. The summed E-state index contributed by atoms with van der Waals surface area (Å²) in [6, 6.07) is 12.7. The second kappa shape index (κ2) is 6.55. The minimum absolute atomic E-state index is 0.142. The predicted molar refractivity (Wildman–Crippen MR) is 95.3 cm³/mol. The van der Waals surface area contributed by atoms with Gasteiger partial charge in [-0.1, -0.05) is 23.7 Å². The van der Waals surface area contributed by atoms with Crippen LogP contribution in [0.4, 0.5) is 0 Å². The second-order valence-corrected chi connectivity index (χ2v) is 6.81. The van der Waals surface area contributed by atoms with E-state index in [1.54, 1.807) is 0 Å². The highest BCUT2D eigenvalue weighted by Gasteiger charge is 2.18. The van der Waals surface area contributed by atoms with Gasteiger partial charge in [0.15, 0.2) is 0 Å². The molecule has 0 aromatic heterocycles. The molecule has 1 aliphatic rings. The van der Waals surface area contributed by atoms with Crippen molar-refractivity contribution < 1.29 is 4.74 Å². The largest absolute Gasteiger partial charge is 0.493 e. The number of fused-ring (bicyclic) bond motifs is 1. The van der Waals surface area contributed by atoms with Crippen molar-refractivity contribution in [2.75, 3.05) is 13.7 Å². The molecule has 1 aliphatic heterocycles. The van der Waals surface area contributed by atoms with Gasteiger partial charge in [0.2, 0.25) is 0 Å². The lowest BCUT2D eigenvalue weighted by Crippen LogP contribution is -2.19. The molecule has 0 amide bonds. The van der Waals surface area contributed by atoms with E-state index >= 15 is 0 Å². The van der Waals surface area contributed by atoms with Crippen LogP contribution in [0.3, 0.4) is 0 Å². The van der Waals surface area contributed by atoms with Crippen LogP contribution in [0.2, 0.25) is 5.02 Å². The van der Waals surface area contributed by atoms with Gasteiger partial charge in [-0.25, -0.2) is 0 Å². The van der Waals surface area contributed by atoms with Crippen molar-refractivity contribution in [2.24, 2.45) is 0 Å². The quantitative estimate of drug-likeness (QED) is 0.744. The Morgan fingerprint density at radius 2 is 2.10 bits per heavy atom. The first-order chi connectivity index (χ1) is 10.2. The van der Waals surface area contributed by atoms with Gasteiger partial charge in [0, 0.05) is 8.59 Å². The second-order valence-electron chi connectivity index (χ2n) is 5.21. The van der Waals surface area contributed by atoms with Gasteiger partial charge in [-0.05, 0) is 83.4 Å². The summed E-state index contributed by atoms with van der Waals surface area (Å²) < 4.78 is 6.91. The third-order valence-electron chi connectivity index (χ3n) is 3.82. The van der Waals surface area contributed by atoms with E-state index < -0.39 is 0 Å². The van der Waals surface area contributed by atoms with Crippen molar-refractivity contribution in [1.82, 2.24) is 5.32 Å². The van der Waals surface area contributed by atoms with E-state index in [4.69, 9.17) is 16.3 Å². The molecule has 3 rings (SSSR count). The van der Waals surface area contributed by atoms with E-state index in [0.717, 1.165) is 30.2 Å². The van der Waals surface area contributed by atoms with E-state index in [1.807, 2.05) is 19.2 Å². The molecule has 21 heavy (non-hydrogen) atoms. The highest BCUT2D eigenvalue weighted by molar-refractivity contribution is 14.1. The predicted octanol–water partition coefficient (Wildman–Crippen LogP) is 4.58. The topological polar surface area (TPSA) is 21.3 Å². The number of nitrogens with one attached hydrogen (secondary N) is 1. The van der Waals surface area contributed by atoms with Crippen LogP contribution in [0.1, 0.15) is 29.2 Å². The Kier molecular flexibility index (Phi) is 4.72. The first-order valence-corrected chi connectivity index (χ1v) is 8.52. The highest BCUT2D eigenvalue weighted by atomic mass is 127. The van der Waals surface area contributed by atoms with E-state index in [9.17, 15) is 0 Å². The molecule has 0 bridgehead atoms. The van der Waals surface area contributed by atoms with Crippen LogP contribution in [0.15, 0.2) is 36.4 Å². The third kappa shape index (κ3) is 3.20. The van der Waals surface area contributed by atoms with Crippen LogP contribution in [0.25, 0.3) is 0 Å². The van der Waals surface area contributed by atoms with Crippen LogP contribution < -0.4 is 10.1 Å². The minimum Gasteiger partial charge on any atom is -0.493 e. The van der Waals surface area contributed by atoms with Gasteiger partial charge in [0.1, 0.15) is 5.75 Å². The summed E-state index contributed by atoms with van der Waals surface area (Å²) >= 11 is 8.53. The van der Waals surface area contributed by atoms with Gasteiger partial charge in [-0.15, -0.1) is 0 Å². The summed E-state index contributed by atoms with van der Waals surface area (Å²) in [5, 5.41) is 4.18. The zero-order chi connectivity index (χ0) is 14.8. The van der Waals surface area contributed by atoms with Crippen LogP contribution in [0, 0.1) is 3.57 Å². The standard InChI is InChI=1S/C17H17ClINO/c1-20-17(14-10-13(18)5-6-15(14)19)12-4-7-16-11(9-12)3-2-8-21-16/h4-7,9-10,17,20H,2-3,8H2,1H3. The molecular weight excluding hydrogens is 397 g/mol. The monoisotopic (exact) mass is 413 g/mol. The summed E-state index contributed by atoms with van der Waals surface area (Å²) in [5.41, 5.74) is 3.76. The first-order valence-electron chi connectivity index (χ1n) is 7.07. The lowest BCUT2D eigenvalue weighted by Gasteiger charge is -2.23. The normalized spacial score (nSPS) is 15.2. The van der Waals surface area contributed by atoms with Crippen molar-refractivity contribution in [3.8, 4) is 5.75 Å². The maximum absolute atomic E-state index is 6.17. The summed E-state index contributed by atoms with van der Waals surface area (Å²) in [4.78, 5) is 0. The van der Waals surface area contributed by atoms with Crippen molar-refractivity contribution >= 4 is 34.2 Å². The molecule has 2 aromatic carbocycles. The molecule has 0 radical (unpaired) electrons. The molecule has 0 spiro atoms. The van der Waals surface area contributed by atoms with Crippen molar-refractivity contribution in [3.63, 3.8) is 0 Å². The molecule has 2 nitrogen and oxygen atoms in total. The van der Waals surface area contributed by atoms with Crippen molar-refractivity contribution in [1.29, 1.82) is 0 Å². The summed E-state index contributed by atoms with van der Waals surface area (Å²) in [6.07, 6.45) is 2.18. The zero-order valence-electron chi connectivity index (χ0n) is 11.8. The third-order valence-corrected chi connectivity index (χ3v) is 5.04. The number of aryl methyl sites for hydroxylation is 1. The summed E-state index contributed by atoms with van der Waals surface area (Å²) in [6.45, 7) is 0.827. The van der Waals surface area contributed by atoms with Crippen LogP contribution in [0.5, 0.6) is 5.75 Å². The van der Waals surface area contributed by atoms with Crippen LogP contribution >= 0.6 is 34.2 Å². The van der Waals surface area contributed by atoms with E-state index in [0.29, 0.717) is 0 Å². The first kappa shape index (κ1) is 15.1. The molecule has 1 atom stereocenters. The average molecular weight is 414 g/mol. The molecule has 1 N–H and O–H groups in total. The Bertz CT molecular complexity index is 659. The zero-order valence-corrected chi connectivity index (χ0v) is 14.7. The number of ether oxygens (including phenoxy) is 1. The van der Waals surface area contributed by atoms with Crippen LogP contribution in [-0.4, -0.2) is 13.7 Å². The highest BCUT2D eigenvalue weighted by Crippen LogP contribution is 2.32. The average Bonchev–Trinajstić information content (AvgIpc) is 2.51. The fourth-order valence-electron chi connectivity index (χ4n) is 2.80. The Morgan fingerprint density at radius 3 is 2.90 bits per heavy atom. The number of benzene rings is 2. The van der Waals surface area contributed by atoms with Crippen molar-refractivity contribution in [2.45, 2.75) is 18.9 Å². The Morgan fingerprint density at radius 1 is 1.24 bits per heavy atom. The molecule has 110 valence electrons. The maximum atomic E-state index is 6.17. The molecule has 2 aromatic rings. The minimum atomic E-state index is 0.142. The SMILES string of the molecule is CNC(c1ccc2c(c1)CCCO2)c1cc(Cl)ccc1I. The smallest absolute Gasteiger partial charge is 0.122 e. The number of rotatable bonds is 3. The molecule has 4 heteroatoms. The van der Waals surface area contributed by atoms with Crippen LogP contribution in [-0.2, 0) is 6.42 Å². The molecular formula is C17H17ClINO. The summed E-state index contributed by atoms with van der Waals surface area (Å²) in [5.74, 6) is 1.03. The van der Waals surface area contributed by atoms with E-state index in [2.05, 4.69) is 52.2 Å². The molecule has 0 aliphatic carbocycles. The summed E-state index contributed by atoms with van der Waals surface area (Å²) in [7, 11) is 1.98. The molecule has 0 saturated heterocycles.